The Labute approximate surface area is 114 Å². The van der Waals surface area contributed by atoms with Crippen LogP contribution in [0, 0.1) is 5.82 Å². The van der Waals surface area contributed by atoms with Crippen molar-refractivity contribution in [3.63, 3.8) is 0 Å². The smallest absolute Gasteiger partial charge is 0.207 e. The van der Waals surface area contributed by atoms with Gasteiger partial charge in [-0.05, 0) is 35.4 Å². The molecule has 0 saturated heterocycles. The van der Waals surface area contributed by atoms with Gasteiger partial charge in [-0.25, -0.2) is 4.39 Å². The van der Waals surface area contributed by atoms with E-state index in [9.17, 15) is 30.7 Å². The van der Waals surface area contributed by atoms with Gasteiger partial charge in [-0.3, -0.25) is 0 Å². The van der Waals surface area contributed by atoms with Gasteiger partial charge in [0.2, 0.25) is 0 Å². The van der Waals surface area contributed by atoms with Crippen molar-refractivity contribution >= 4 is 0 Å². The van der Waals surface area contributed by atoms with Gasteiger partial charge in [0.15, 0.2) is 0 Å². The molecule has 2 aromatic carbocycles. The summed E-state index contributed by atoms with van der Waals surface area (Å²) in [4.78, 5) is 0. The molecule has 0 aliphatic heterocycles. The van der Waals surface area contributed by atoms with Crippen molar-refractivity contribution in [2.24, 2.45) is 0 Å². The molecule has 0 heterocycles. The fourth-order valence-electron chi connectivity index (χ4n) is 1.95. The fourth-order valence-corrected chi connectivity index (χ4v) is 1.95. The summed E-state index contributed by atoms with van der Waals surface area (Å²) in [5, 5.41) is 0. The Balaban J connectivity index is 2.77. The molecule has 0 aliphatic rings. The Bertz CT molecular complexity index is 653. The summed E-state index contributed by atoms with van der Waals surface area (Å²) >= 11 is 0. The minimum absolute atomic E-state index is 0.428. The fraction of sp³-hybridized carbons (Fsp3) is 0.143. The van der Waals surface area contributed by atoms with Crippen LogP contribution in [0.15, 0.2) is 42.5 Å². The molecule has 0 nitrogen and oxygen atoms in total. The van der Waals surface area contributed by atoms with Gasteiger partial charge in [-0.15, -0.1) is 0 Å². The van der Waals surface area contributed by atoms with E-state index >= 15 is 0 Å². The largest absolute Gasteiger partial charge is 0.417 e. The van der Waals surface area contributed by atoms with Crippen molar-refractivity contribution in [3.8, 4) is 11.1 Å². The van der Waals surface area contributed by atoms with Crippen LogP contribution in [0.5, 0.6) is 0 Å². The van der Waals surface area contributed by atoms with Crippen LogP contribution in [0.4, 0.5) is 30.7 Å². The van der Waals surface area contributed by atoms with Gasteiger partial charge in [-0.1, -0.05) is 18.2 Å². The zero-order valence-corrected chi connectivity index (χ0v) is 10.2. The van der Waals surface area contributed by atoms with Crippen LogP contribution in [0.2, 0.25) is 0 Å². The highest BCUT2D eigenvalue weighted by Crippen LogP contribution is 2.42. The summed E-state index contributed by atoms with van der Waals surface area (Å²) in [7, 11) is 0. The normalized spacial score (nSPS) is 12.5. The lowest BCUT2D eigenvalue weighted by atomic mass is 9.94. The predicted molar refractivity (Wildman–Crippen MR) is 61.8 cm³/mol. The van der Waals surface area contributed by atoms with E-state index in [1.54, 1.807) is 0 Å². The van der Waals surface area contributed by atoms with Gasteiger partial charge in [0, 0.05) is 0 Å². The number of rotatable bonds is 1. The molecule has 0 unspecified atom stereocenters. The second-order valence-electron chi connectivity index (χ2n) is 4.23. The molecule has 0 bridgehead atoms. The first-order valence-corrected chi connectivity index (χ1v) is 5.64. The second kappa shape index (κ2) is 5.05. The van der Waals surface area contributed by atoms with Crippen LogP contribution >= 0.6 is 0 Å². The number of hydrogen-bond acceptors (Lipinski definition) is 0. The SMILES string of the molecule is Fc1ccc(C(F)(F)F)c(-c2ccccc2C(F)(F)F)c1. The average Bonchev–Trinajstić information content (AvgIpc) is 2.36. The molecule has 2 aromatic rings. The van der Waals surface area contributed by atoms with Crippen molar-refractivity contribution in [3.05, 3.63) is 59.4 Å². The zero-order chi connectivity index (χ0) is 15.8. The van der Waals surface area contributed by atoms with E-state index in [2.05, 4.69) is 0 Å². The number of hydrogen-bond donors (Lipinski definition) is 0. The Morgan fingerprint density at radius 1 is 0.619 bits per heavy atom. The van der Waals surface area contributed by atoms with E-state index < -0.39 is 40.4 Å². The van der Waals surface area contributed by atoms with E-state index in [0.29, 0.717) is 24.3 Å². The second-order valence-corrected chi connectivity index (χ2v) is 4.23. The number of benzene rings is 2. The Morgan fingerprint density at radius 3 is 1.71 bits per heavy atom. The van der Waals surface area contributed by atoms with E-state index in [0.717, 1.165) is 18.2 Å². The molecule has 0 N–H and O–H groups in total. The summed E-state index contributed by atoms with van der Waals surface area (Å²) in [6.45, 7) is 0. The lowest BCUT2D eigenvalue weighted by Crippen LogP contribution is -2.11. The minimum atomic E-state index is -4.89. The molecule has 0 spiro atoms. The number of alkyl halides is 6. The van der Waals surface area contributed by atoms with Crippen molar-refractivity contribution in [1.29, 1.82) is 0 Å². The van der Waals surface area contributed by atoms with Crippen LogP contribution in [0.3, 0.4) is 0 Å². The molecule has 0 aromatic heterocycles. The third kappa shape index (κ3) is 3.17. The third-order valence-corrected chi connectivity index (χ3v) is 2.81. The van der Waals surface area contributed by atoms with Crippen molar-refractivity contribution in [2.75, 3.05) is 0 Å². The molecule has 0 saturated carbocycles. The quantitative estimate of drug-likeness (QED) is 0.608. The Kier molecular flexibility index (Phi) is 3.69. The van der Waals surface area contributed by atoms with Crippen LogP contribution < -0.4 is 0 Å². The first kappa shape index (κ1) is 15.3. The molecule has 7 heteroatoms. The van der Waals surface area contributed by atoms with E-state index in [1.165, 1.54) is 0 Å². The molecule has 112 valence electrons. The first-order chi connectivity index (χ1) is 9.60. The topological polar surface area (TPSA) is 0 Å². The molecular formula is C14H7F7. The maximum absolute atomic E-state index is 13.2. The lowest BCUT2D eigenvalue weighted by Gasteiger charge is -2.17. The third-order valence-electron chi connectivity index (χ3n) is 2.81. The molecular weight excluding hydrogens is 301 g/mol. The zero-order valence-electron chi connectivity index (χ0n) is 10.2. The maximum Gasteiger partial charge on any atom is 0.417 e. The molecule has 2 rings (SSSR count). The summed E-state index contributed by atoms with van der Waals surface area (Å²) in [6, 6.07) is 5.19. The summed E-state index contributed by atoms with van der Waals surface area (Å²) < 4.78 is 90.5. The van der Waals surface area contributed by atoms with Crippen molar-refractivity contribution in [1.82, 2.24) is 0 Å². The molecule has 21 heavy (non-hydrogen) atoms. The van der Waals surface area contributed by atoms with E-state index in [1.807, 2.05) is 0 Å². The maximum atomic E-state index is 13.2. The van der Waals surface area contributed by atoms with Crippen LogP contribution in [0.1, 0.15) is 11.1 Å². The first-order valence-electron chi connectivity index (χ1n) is 5.64. The Hall–Kier alpha value is -2.05. The van der Waals surface area contributed by atoms with Gasteiger partial charge in [-0.2, -0.15) is 26.3 Å². The molecule has 0 radical (unpaired) electrons. The van der Waals surface area contributed by atoms with Gasteiger partial charge in [0.25, 0.3) is 0 Å². The molecule has 0 atom stereocenters. The summed E-state index contributed by atoms with van der Waals surface area (Å²) in [6.07, 6.45) is -9.73. The van der Waals surface area contributed by atoms with Crippen LogP contribution in [-0.2, 0) is 12.4 Å². The predicted octanol–water partition coefficient (Wildman–Crippen LogP) is 5.53. The van der Waals surface area contributed by atoms with E-state index in [4.69, 9.17) is 0 Å². The Morgan fingerprint density at radius 2 is 1.14 bits per heavy atom. The van der Waals surface area contributed by atoms with Crippen molar-refractivity contribution in [2.45, 2.75) is 12.4 Å². The van der Waals surface area contributed by atoms with Crippen LogP contribution in [-0.4, -0.2) is 0 Å². The van der Waals surface area contributed by atoms with Crippen molar-refractivity contribution < 1.29 is 30.7 Å². The van der Waals surface area contributed by atoms with Crippen LogP contribution in [0.25, 0.3) is 11.1 Å². The monoisotopic (exact) mass is 308 g/mol. The summed E-state index contributed by atoms with van der Waals surface area (Å²) in [5.41, 5.74) is -4.12. The highest BCUT2D eigenvalue weighted by molar-refractivity contribution is 5.72. The standard InChI is InChI=1S/C14H7F7/c15-8-5-6-12(14(19,20)21)10(7-8)9-3-1-2-4-11(9)13(16,17)18/h1-7H. The lowest BCUT2D eigenvalue weighted by molar-refractivity contribution is -0.139. The van der Waals surface area contributed by atoms with Gasteiger partial charge < -0.3 is 0 Å². The van der Waals surface area contributed by atoms with E-state index in [-0.39, 0.29) is 0 Å². The minimum Gasteiger partial charge on any atom is -0.207 e. The van der Waals surface area contributed by atoms with Gasteiger partial charge in [0.05, 0.1) is 11.1 Å². The van der Waals surface area contributed by atoms with Gasteiger partial charge >= 0.3 is 12.4 Å². The molecule has 0 fully saturated rings. The van der Waals surface area contributed by atoms with Gasteiger partial charge in [0.1, 0.15) is 5.82 Å². The average molecular weight is 308 g/mol. The summed E-state index contributed by atoms with van der Waals surface area (Å²) in [5.74, 6) is -1.05. The number of halogens is 7. The molecule has 0 aliphatic carbocycles. The molecule has 0 amide bonds. The highest BCUT2D eigenvalue weighted by Gasteiger charge is 2.38. The highest BCUT2D eigenvalue weighted by atomic mass is 19.4.